The van der Waals surface area contributed by atoms with Gasteiger partial charge in [0.2, 0.25) is 5.91 Å². The van der Waals surface area contributed by atoms with Crippen LogP contribution in [0.2, 0.25) is 5.02 Å². The number of rotatable bonds is 6. The molecule has 1 rings (SSSR count). The van der Waals surface area contributed by atoms with Crippen LogP contribution in [0.25, 0.3) is 0 Å². The smallest absolute Gasteiger partial charge is 0.224 e. The monoisotopic (exact) mass is 268 g/mol. The lowest BCUT2D eigenvalue weighted by Gasteiger charge is -2.10. The van der Waals surface area contributed by atoms with Gasteiger partial charge in [0.15, 0.2) is 0 Å². The van der Waals surface area contributed by atoms with Crippen LogP contribution in [0.3, 0.4) is 0 Å². The number of carbonyl (C=O) groups excluding carboxylic acids is 1. The van der Waals surface area contributed by atoms with Crippen LogP contribution in [-0.2, 0) is 4.79 Å². The van der Waals surface area contributed by atoms with Gasteiger partial charge < -0.3 is 10.6 Å². The molecule has 0 aliphatic carbocycles. The van der Waals surface area contributed by atoms with E-state index in [4.69, 9.17) is 11.6 Å². The van der Waals surface area contributed by atoms with Crippen molar-refractivity contribution in [1.29, 1.82) is 0 Å². The van der Waals surface area contributed by atoms with Crippen LogP contribution in [0, 0.1) is 6.92 Å². The molecule has 0 aliphatic heterocycles. The van der Waals surface area contributed by atoms with Gasteiger partial charge in [-0.25, -0.2) is 0 Å². The number of hydrogen-bond donors (Lipinski definition) is 2. The normalized spacial score (nSPS) is 10.7. The molecule has 0 unspecified atom stereocenters. The fourth-order valence-electron chi connectivity index (χ4n) is 1.60. The quantitative estimate of drug-likeness (QED) is 0.777. The number of carbonyl (C=O) groups is 1. The minimum Gasteiger partial charge on any atom is -0.326 e. The Kier molecular flexibility index (Phi) is 6.16. The Hall–Kier alpha value is -1.06. The van der Waals surface area contributed by atoms with Crippen LogP contribution in [0.15, 0.2) is 18.2 Å². The van der Waals surface area contributed by atoms with Crippen molar-refractivity contribution < 1.29 is 4.79 Å². The lowest BCUT2D eigenvalue weighted by atomic mass is 10.2. The number of anilines is 1. The second kappa shape index (κ2) is 7.39. The van der Waals surface area contributed by atoms with Crippen molar-refractivity contribution in [3.8, 4) is 0 Å². The molecule has 0 saturated carbocycles. The molecule has 0 heterocycles. The molecular weight excluding hydrogens is 248 g/mol. The van der Waals surface area contributed by atoms with Crippen LogP contribution >= 0.6 is 11.6 Å². The van der Waals surface area contributed by atoms with Crippen molar-refractivity contribution in [3.63, 3.8) is 0 Å². The topological polar surface area (TPSA) is 41.1 Å². The summed E-state index contributed by atoms with van der Waals surface area (Å²) in [5, 5.41) is 6.85. The van der Waals surface area contributed by atoms with E-state index in [1.165, 1.54) is 0 Å². The fourth-order valence-corrected chi connectivity index (χ4v) is 1.77. The highest BCUT2D eigenvalue weighted by atomic mass is 35.5. The zero-order valence-electron chi connectivity index (χ0n) is 11.2. The van der Waals surface area contributed by atoms with Gasteiger partial charge in [0.25, 0.3) is 0 Å². The van der Waals surface area contributed by atoms with Gasteiger partial charge in [-0.15, -0.1) is 0 Å². The Morgan fingerprint density at radius 2 is 2.11 bits per heavy atom. The van der Waals surface area contributed by atoms with E-state index >= 15 is 0 Å². The largest absolute Gasteiger partial charge is 0.326 e. The Morgan fingerprint density at radius 3 is 2.78 bits per heavy atom. The molecule has 0 aromatic heterocycles. The second-order valence-electron chi connectivity index (χ2n) is 4.67. The summed E-state index contributed by atoms with van der Waals surface area (Å²) in [5.74, 6) is 0.0333. The van der Waals surface area contributed by atoms with Crippen molar-refractivity contribution in [2.75, 3.05) is 11.9 Å². The average Bonchev–Trinajstić information content (AvgIpc) is 2.30. The average molecular weight is 269 g/mol. The molecular formula is C14H21ClN2O. The standard InChI is InChI=1S/C14H21ClN2O/c1-10(2)16-9-5-8-14(18)17-13-7-4-6-12(15)11(13)3/h4,6-7,10,16H,5,8-9H2,1-3H3,(H,17,18). The maximum atomic E-state index is 11.7. The van der Waals surface area contributed by atoms with Gasteiger partial charge in [0, 0.05) is 23.2 Å². The Balaban J connectivity index is 2.38. The van der Waals surface area contributed by atoms with Crippen molar-refractivity contribution in [3.05, 3.63) is 28.8 Å². The summed E-state index contributed by atoms with van der Waals surface area (Å²) >= 11 is 6.00. The number of halogens is 1. The number of amides is 1. The van der Waals surface area contributed by atoms with E-state index in [1.807, 2.05) is 25.1 Å². The summed E-state index contributed by atoms with van der Waals surface area (Å²) < 4.78 is 0. The van der Waals surface area contributed by atoms with Crippen LogP contribution in [0.4, 0.5) is 5.69 Å². The van der Waals surface area contributed by atoms with E-state index in [0.717, 1.165) is 24.2 Å². The lowest BCUT2D eigenvalue weighted by Crippen LogP contribution is -2.24. The van der Waals surface area contributed by atoms with Crippen LogP contribution in [-0.4, -0.2) is 18.5 Å². The minimum atomic E-state index is 0.0333. The molecule has 0 saturated heterocycles. The van der Waals surface area contributed by atoms with E-state index in [1.54, 1.807) is 0 Å². The number of hydrogen-bond acceptors (Lipinski definition) is 2. The molecule has 3 nitrogen and oxygen atoms in total. The Morgan fingerprint density at radius 1 is 1.39 bits per heavy atom. The maximum absolute atomic E-state index is 11.7. The van der Waals surface area contributed by atoms with Gasteiger partial charge in [-0.3, -0.25) is 4.79 Å². The third kappa shape index (κ3) is 5.07. The Labute approximate surface area is 114 Å². The van der Waals surface area contributed by atoms with Crippen molar-refractivity contribution in [1.82, 2.24) is 5.32 Å². The summed E-state index contributed by atoms with van der Waals surface area (Å²) in [6.45, 7) is 6.95. The SMILES string of the molecule is Cc1c(Cl)cccc1NC(=O)CCCNC(C)C. The molecule has 1 aromatic rings. The minimum absolute atomic E-state index is 0.0333. The van der Waals surface area contributed by atoms with Crippen molar-refractivity contribution in [2.45, 2.75) is 39.7 Å². The molecule has 4 heteroatoms. The Bertz CT molecular complexity index is 405. The first-order chi connectivity index (χ1) is 8.50. The predicted molar refractivity (Wildman–Crippen MR) is 77.2 cm³/mol. The van der Waals surface area contributed by atoms with Crippen LogP contribution in [0.1, 0.15) is 32.3 Å². The van der Waals surface area contributed by atoms with Gasteiger partial charge in [0.1, 0.15) is 0 Å². The number of nitrogens with one attached hydrogen (secondary N) is 2. The zero-order valence-corrected chi connectivity index (χ0v) is 12.0. The highest BCUT2D eigenvalue weighted by Crippen LogP contribution is 2.22. The first kappa shape index (κ1) is 15.0. The summed E-state index contributed by atoms with van der Waals surface area (Å²) in [7, 11) is 0. The van der Waals surface area contributed by atoms with E-state index < -0.39 is 0 Å². The first-order valence-electron chi connectivity index (χ1n) is 6.29. The lowest BCUT2D eigenvalue weighted by molar-refractivity contribution is -0.116. The van der Waals surface area contributed by atoms with Gasteiger partial charge in [-0.2, -0.15) is 0 Å². The van der Waals surface area contributed by atoms with Crippen LogP contribution in [0.5, 0.6) is 0 Å². The molecule has 18 heavy (non-hydrogen) atoms. The summed E-state index contributed by atoms with van der Waals surface area (Å²) in [6, 6.07) is 5.98. The highest BCUT2D eigenvalue weighted by molar-refractivity contribution is 6.31. The molecule has 0 atom stereocenters. The second-order valence-corrected chi connectivity index (χ2v) is 5.08. The van der Waals surface area contributed by atoms with Gasteiger partial charge in [-0.05, 0) is 37.6 Å². The van der Waals surface area contributed by atoms with Crippen LogP contribution < -0.4 is 10.6 Å². The molecule has 0 radical (unpaired) electrons. The molecule has 0 spiro atoms. The fraction of sp³-hybridized carbons (Fsp3) is 0.500. The molecule has 1 amide bonds. The van der Waals surface area contributed by atoms with Gasteiger partial charge in [-0.1, -0.05) is 31.5 Å². The number of benzene rings is 1. The van der Waals surface area contributed by atoms with Crippen molar-refractivity contribution in [2.24, 2.45) is 0 Å². The van der Waals surface area contributed by atoms with Crippen molar-refractivity contribution >= 4 is 23.2 Å². The van der Waals surface area contributed by atoms with E-state index in [9.17, 15) is 4.79 Å². The third-order valence-electron chi connectivity index (χ3n) is 2.67. The molecule has 0 aliphatic rings. The molecule has 0 bridgehead atoms. The highest BCUT2D eigenvalue weighted by Gasteiger charge is 2.06. The zero-order chi connectivity index (χ0) is 13.5. The van der Waals surface area contributed by atoms with Gasteiger partial charge >= 0.3 is 0 Å². The molecule has 0 fully saturated rings. The summed E-state index contributed by atoms with van der Waals surface area (Å²) in [4.78, 5) is 11.7. The van der Waals surface area contributed by atoms with E-state index in [2.05, 4.69) is 24.5 Å². The predicted octanol–water partition coefficient (Wildman–Crippen LogP) is 3.37. The maximum Gasteiger partial charge on any atom is 0.224 e. The molecule has 2 N–H and O–H groups in total. The summed E-state index contributed by atoms with van der Waals surface area (Å²) in [6.07, 6.45) is 1.36. The van der Waals surface area contributed by atoms with Gasteiger partial charge in [0.05, 0.1) is 0 Å². The first-order valence-corrected chi connectivity index (χ1v) is 6.67. The molecule has 1 aromatic carbocycles. The van der Waals surface area contributed by atoms with E-state index in [-0.39, 0.29) is 5.91 Å². The third-order valence-corrected chi connectivity index (χ3v) is 3.08. The van der Waals surface area contributed by atoms with E-state index in [0.29, 0.717) is 17.5 Å². The molecule has 100 valence electrons. The summed E-state index contributed by atoms with van der Waals surface area (Å²) in [5.41, 5.74) is 1.71.